The first-order chi connectivity index (χ1) is 16.5. The maximum absolute atomic E-state index is 12.6. The lowest BCUT2D eigenvalue weighted by Gasteiger charge is -2.14. The highest BCUT2D eigenvalue weighted by molar-refractivity contribution is 7.99. The molecule has 0 saturated heterocycles. The van der Waals surface area contributed by atoms with Crippen molar-refractivity contribution in [1.82, 2.24) is 20.1 Å². The first-order valence-corrected chi connectivity index (χ1v) is 12.2. The predicted octanol–water partition coefficient (Wildman–Crippen LogP) is 3.74. The van der Waals surface area contributed by atoms with Crippen molar-refractivity contribution in [2.24, 2.45) is 4.99 Å². The number of hydrogen-bond acceptors (Lipinski definition) is 7. The SMILES string of the molecule is CCNC(=O)CC1N=C(c2ccc(SCCOC)cc2)c2cc(OC)ccc2-n2c(C)nnc21. The summed E-state index contributed by atoms with van der Waals surface area (Å²) in [6, 6.07) is 13.7. The minimum atomic E-state index is -0.475. The van der Waals surface area contributed by atoms with Gasteiger partial charge in [0.05, 0.1) is 31.5 Å². The Morgan fingerprint density at radius 2 is 1.94 bits per heavy atom. The Labute approximate surface area is 203 Å². The maximum atomic E-state index is 12.6. The largest absolute Gasteiger partial charge is 0.497 e. The Balaban J connectivity index is 1.83. The van der Waals surface area contributed by atoms with Crippen LogP contribution in [-0.4, -0.2) is 59.5 Å². The fourth-order valence-corrected chi connectivity index (χ4v) is 4.78. The molecule has 1 aromatic heterocycles. The van der Waals surface area contributed by atoms with E-state index in [2.05, 4.69) is 39.8 Å². The summed E-state index contributed by atoms with van der Waals surface area (Å²) in [5.74, 6) is 2.93. The number of hydrogen-bond donors (Lipinski definition) is 1. The Bertz CT molecular complexity index is 1190. The standard InChI is InChI=1S/C25H29N5O3S/c1-5-26-23(31)15-21-25-29-28-16(2)30(25)22-11-8-18(33-4)14-20(22)24(27-21)17-6-9-19(10-7-17)34-13-12-32-3/h6-11,14,21H,5,12-13,15H2,1-4H3,(H,26,31). The van der Waals surface area contributed by atoms with Crippen molar-refractivity contribution in [2.75, 3.05) is 33.1 Å². The molecule has 1 N–H and O–H groups in total. The van der Waals surface area contributed by atoms with Crippen molar-refractivity contribution in [3.05, 3.63) is 65.2 Å². The zero-order chi connectivity index (χ0) is 24.1. The summed E-state index contributed by atoms with van der Waals surface area (Å²) in [7, 11) is 3.35. The molecule has 2 heterocycles. The molecule has 1 atom stereocenters. The van der Waals surface area contributed by atoms with E-state index in [0.717, 1.165) is 44.7 Å². The second kappa shape index (κ2) is 10.8. The van der Waals surface area contributed by atoms with Gasteiger partial charge in [0.25, 0.3) is 0 Å². The molecule has 34 heavy (non-hydrogen) atoms. The van der Waals surface area contributed by atoms with Crippen molar-refractivity contribution in [3.63, 3.8) is 0 Å². The van der Waals surface area contributed by atoms with Crippen LogP contribution in [0.15, 0.2) is 52.4 Å². The van der Waals surface area contributed by atoms with Gasteiger partial charge in [-0.05, 0) is 44.2 Å². The molecule has 1 aliphatic rings. The number of benzene rings is 2. The van der Waals surface area contributed by atoms with Gasteiger partial charge in [0.2, 0.25) is 5.91 Å². The van der Waals surface area contributed by atoms with Crippen LogP contribution < -0.4 is 10.1 Å². The quantitative estimate of drug-likeness (QED) is 0.371. The number of thioether (sulfide) groups is 1. The van der Waals surface area contributed by atoms with Crippen molar-refractivity contribution in [1.29, 1.82) is 0 Å². The number of aryl methyl sites for hydroxylation is 1. The van der Waals surface area contributed by atoms with Crippen LogP contribution in [0.5, 0.6) is 5.75 Å². The van der Waals surface area contributed by atoms with Gasteiger partial charge in [0.15, 0.2) is 5.82 Å². The number of aromatic nitrogens is 3. The fourth-order valence-electron chi connectivity index (χ4n) is 3.97. The molecule has 0 fully saturated rings. The van der Waals surface area contributed by atoms with Crippen LogP contribution in [0.3, 0.4) is 0 Å². The Kier molecular flexibility index (Phi) is 7.64. The predicted molar refractivity (Wildman–Crippen MR) is 133 cm³/mol. The number of ether oxygens (including phenoxy) is 2. The lowest BCUT2D eigenvalue weighted by molar-refractivity contribution is -0.121. The van der Waals surface area contributed by atoms with E-state index < -0.39 is 6.04 Å². The van der Waals surface area contributed by atoms with Gasteiger partial charge in [0, 0.05) is 35.4 Å². The molecular weight excluding hydrogens is 450 g/mol. The molecular formula is C25H29N5O3S. The average molecular weight is 480 g/mol. The highest BCUT2D eigenvalue weighted by atomic mass is 32.2. The van der Waals surface area contributed by atoms with Crippen LogP contribution in [0.1, 0.15) is 42.2 Å². The maximum Gasteiger partial charge on any atom is 0.222 e. The molecule has 0 aliphatic carbocycles. The van der Waals surface area contributed by atoms with Crippen molar-refractivity contribution in [3.8, 4) is 11.4 Å². The smallest absolute Gasteiger partial charge is 0.222 e. The Hall–Kier alpha value is -3.17. The fraction of sp³-hybridized carbons (Fsp3) is 0.360. The normalized spacial score (nSPS) is 14.6. The number of methoxy groups -OCH3 is 2. The molecule has 178 valence electrons. The summed E-state index contributed by atoms with van der Waals surface area (Å²) in [5.41, 5.74) is 3.57. The van der Waals surface area contributed by atoms with Crippen LogP contribution in [0.25, 0.3) is 5.69 Å². The number of amides is 1. The highest BCUT2D eigenvalue weighted by Gasteiger charge is 2.29. The molecule has 4 rings (SSSR count). The lowest BCUT2D eigenvalue weighted by Crippen LogP contribution is -2.25. The number of fused-ring (bicyclic) bond motifs is 3. The van der Waals surface area contributed by atoms with Gasteiger partial charge in [-0.3, -0.25) is 14.4 Å². The molecule has 2 aromatic carbocycles. The molecule has 0 radical (unpaired) electrons. The first-order valence-electron chi connectivity index (χ1n) is 11.2. The van der Waals surface area contributed by atoms with Crippen LogP contribution in [0.4, 0.5) is 0 Å². The highest BCUT2D eigenvalue weighted by Crippen LogP contribution is 2.34. The van der Waals surface area contributed by atoms with Crippen LogP contribution in [-0.2, 0) is 9.53 Å². The second-order valence-corrected chi connectivity index (χ2v) is 9.01. The summed E-state index contributed by atoms with van der Waals surface area (Å²) in [4.78, 5) is 18.8. The monoisotopic (exact) mass is 479 g/mol. The van der Waals surface area contributed by atoms with Crippen molar-refractivity contribution in [2.45, 2.75) is 31.2 Å². The average Bonchev–Trinajstić information content (AvgIpc) is 3.17. The Morgan fingerprint density at radius 1 is 1.15 bits per heavy atom. The number of carbonyl (C=O) groups excluding carboxylic acids is 1. The Morgan fingerprint density at radius 3 is 2.65 bits per heavy atom. The molecule has 0 bridgehead atoms. The van der Waals surface area contributed by atoms with E-state index in [-0.39, 0.29) is 12.3 Å². The number of nitrogens with one attached hydrogen (secondary N) is 1. The van der Waals surface area contributed by atoms with Crippen LogP contribution in [0.2, 0.25) is 0 Å². The molecule has 0 saturated carbocycles. The summed E-state index contributed by atoms with van der Waals surface area (Å²) in [5, 5.41) is 11.6. The van der Waals surface area contributed by atoms with Crippen molar-refractivity contribution >= 4 is 23.4 Å². The third-order valence-electron chi connectivity index (χ3n) is 5.57. The van der Waals surface area contributed by atoms with Crippen molar-refractivity contribution < 1.29 is 14.3 Å². The van der Waals surface area contributed by atoms with E-state index in [1.165, 1.54) is 0 Å². The minimum absolute atomic E-state index is 0.0729. The van der Waals surface area contributed by atoms with Gasteiger partial charge in [-0.2, -0.15) is 0 Å². The zero-order valence-electron chi connectivity index (χ0n) is 19.9. The van der Waals surface area contributed by atoms with Gasteiger partial charge in [0.1, 0.15) is 17.6 Å². The molecule has 3 aromatic rings. The number of carbonyl (C=O) groups is 1. The van der Waals surface area contributed by atoms with E-state index in [9.17, 15) is 4.79 Å². The first kappa shape index (κ1) is 24.0. The van der Waals surface area contributed by atoms with E-state index in [4.69, 9.17) is 14.5 Å². The molecule has 1 amide bonds. The topological polar surface area (TPSA) is 90.6 Å². The third kappa shape index (κ3) is 5.00. The number of nitrogens with zero attached hydrogens (tertiary/aromatic N) is 4. The van der Waals surface area contributed by atoms with Gasteiger partial charge < -0.3 is 14.8 Å². The van der Waals surface area contributed by atoms with E-state index >= 15 is 0 Å². The van der Waals surface area contributed by atoms with E-state index in [0.29, 0.717) is 19.0 Å². The second-order valence-electron chi connectivity index (χ2n) is 7.84. The summed E-state index contributed by atoms with van der Waals surface area (Å²) in [6.45, 7) is 5.07. The number of aliphatic imine (C=N–C) groups is 1. The summed E-state index contributed by atoms with van der Waals surface area (Å²) < 4.78 is 12.7. The van der Waals surface area contributed by atoms with Crippen LogP contribution in [0, 0.1) is 6.92 Å². The van der Waals surface area contributed by atoms with E-state index in [1.54, 1.807) is 26.0 Å². The van der Waals surface area contributed by atoms with Crippen LogP contribution >= 0.6 is 11.8 Å². The van der Waals surface area contributed by atoms with Gasteiger partial charge in [-0.1, -0.05) is 12.1 Å². The molecule has 8 nitrogen and oxygen atoms in total. The lowest BCUT2D eigenvalue weighted by atomic mass is 10.00. The molecule has 1 aliphatic heterocycles. The third-order valence-corrected chi connectivity index (χ3v) is 6.55. The minimum Gasteiger partial charge on any atom is -0.497 e. The molecule has 1 unspecified atom stereocenters. The molecule has 0 spiro atoms. The van der Waals surface area contributed by atoms with Gasteiger partial charge >= 0.3 is 0 Å². The van der Waals surface area contributed by atoms with Gasteiger partial charge in [-0.25, -0.2) is 0 Å². The van der Waals surface area contributed by atoms with Gasteiger partial charge in [-0.15, -0.1) is 22.0 Å². The van der Waals surface area contributed by atoms with E-state index in [1.807, 2.05) is 36.6 Å². The number of rotatable bonds is 9. The summed E-state index contributed by atoms with van der Waals surface area (Å²) >= 11 is 1.74. The summed E-state index contributed by atoms with van der Waals surface area (Å²) in [6.07, 6.45) is 0.186. The molecule has 9 heteroatoms. The zero-order valence-corrected chi connectivity index (χ0v) is 20.7.